The molecule has 192 valence electrons. The molecule has 1 aliphatic rings. The fraction of sp³-hybridized carbons (Fsp3) is 0.750. The van der Waals surface area contributed by atoms with E-state index in [1.165, 1.54) is 0 Å². The number of aliphatic hydroxyl groups is 4. The van der Waals surface area contributed by atoms with Crippen LogP contribution in [0.2, 0.25) is 0 Å². The van der Waals surface area contributed by atoms with E-state index in [4.69, 9.17) is 15.3 Å². The van der Waals surface area contributed by atoms with Gasteiger partial charge in [0, 0.05) is 18.8 Å². The van der Waals surface area contributed by atoms with Crippen molar-refractivity contribution >= 4 is 34.8 Å². The zero-order valence-corrected chi connectivity index (χ0v) is 20.3. The lowest BCUT2D eigenvalue weighted by atomic mass is 10.2. The van der Waals surface area contributed by atoms with Gasteiger partial charge >= 0.3 is 6.09 Å². The summed E-state index contributed by atoms with van der Waals surface area (Å²) in [6, 6.07) is -0.303. The smallest absolute Gasteiger partial charge is 0.404 e. The Balaban J connectivity index is 0.000000387. The minimum Gasteiger partial charge on any atom is -0.465 e. The molecule has 1 amide bonds. The predicted molar refractivity (Wildman–Crippen MR) is 127 cm³/mol. The minimum absolute atomic E-state index is 0.133. The highest BCUT2D eigenvalue weighted by molar-refractivity contribution is 7.99. The van der Waals surface area contributed by atoms with Gasteiger partial charge in [-0.3, -0.25) is 0 Å². The molecule has 4 atom stereocenters. The van der Waals surface area contributed by atoms with E-state index in [-0.39, 0.29) is 12.6 Å². The normalized spacial score (nSPS) is 20.6. The van der Waals surface area contributed by atoms with Crippen molar-refractivity contribution in [3.05, 3.63) is 0 Å². The number of amides is 1. The summed E-state index contributed by atoms with van der Waals surface area (Å²) in [4.78, 5) is 18.9. The summed E-state index contributed by atoms with van der Waals surface area (Å²) in [5.74, 6) is 1.63. The zero-order chi connectivity index (χ0) is 25.1. The topological polar surface area (TPSA) is 199 Å². The van der Waals surface area contributed by atoms with E-state index < -0.39 is 31.0 Å². The van der Waals surface area contributed by atoms with Gasteiger partial charge in [0.1, 0.15) is 6.10 Å². The van der Waals surface area contributed by atoms with Gasteiger partial charge in [0.2, 0.25) is 0 Å². The van der Waals surface area contributed by atoms with Gasteiger partial charge in [0.05, 0.1) is 24.9 Å². The Morgan fingerprint density at radius 2 is 2.00 bits per heavy atom. The van der Waals surface area contributed by atoms with E-state index in [1.54, 1.807) is 16.4 Å². The van der Waals surface area contributed by atoms with Gasteiger partial charge in [-0.05, 0) is 25.7 Å². The van der Waals surface area contributed by atoms with Crippen molar-refractivity contribution in [3.63, 3.8) is 0 Å². The summed E-state index contributed by atoms with van der Waals surface area (Å²) in [6.45, 7) is 4.51. The second-order valence-electron chi connectivity index (χ2n) is 7.91. The number of hydrogen-bond acceptors (Lipinski definition) is 11. The maximum Gasteiger partial charge on any atom is 0.404 e. The van der Waals surface area contributed by atoms with Gasteiger partial charge in [-0.1, -0.05) is 37.2 Å². The van der Waals surface area contributed by atoms with Crippen LogP contribution in [0.25, 0.3) is 11.2 Å². The number of carboxylic acid groups (broad SMARTS) is 1. The first-order chi connectivity index (χ1) is 16.3. The second kappa shape index (κ2) is 14.2. The first-order valence-corrected chi connectivity index (χ1v) is 12.4. The average Bonchev–Trinajstić information content (AvgIpc) is 3.39. The lowest BCUT2D eigenvalue weighted by Crippen LogP contribution is -2.32. The molecule has 7 N–H and O–H groups in total. The van der Waals surface area contributed by atoms with Crippen LogP contribution in [0.3, 0.4) is 0 Å². The number of carbonyl (C=O) groups is 1. The van der Waals surface area contributed by atoms with E-state index in [0.717, 1.165) is 31.6 Å². The summed E-state index contributed by atoms with van der Waals surface area (Å²) in [5, 5.41) is 59.1. The largest absolute Gasteiger partial charge is 0.465 e. The molecule has 34 heavy (non-hydrogen) atoms. The molecular formula is C20H35N7O6S. The number of hydrogen-bond donors (Lipinski definition) is 7. The molecular weight excluding hydrogens is 466 g/mol. The first kappa shape index (κ1) is 28.0. The Labute approximate surface area is 202 Å². The number of anilines is 1. The molecule has 14 heteroatoms. The Bertz CT molecular complexity index is 902. The quantitative estimate of drug-likeness (QED) is 0.129. The van der Waals surface area contributed by atoms with Crippen LogP contribution in [0.4, 0.5) is 10.6 Å². The molecule has 13 nitrogen and oxygen atoms in total. The van der Waals surface area contributed by atoms with E-state index >= 15 is 0 Å². The molecule has 0 aromatic carbocycles. The first-order valence-electron chi connectivity index (χ1n) is 11.4. The number of rotatable bonds is 11. The molecule has 0 bridgehead atoms. The van der Waals surface area contributed by atoms with Crippen molar-refractivity contribution in [2.75, 3.05) is 30.8 Å². The molecule has 0 saturated heterocycles. The van der Waals surface area contributed by atoms with Crippen LogP contribution in [0.5, 0.6) is 0 Å². The number of nitrogens with one attached hydrogen (secondary N) is 2. The SMILES string of the molecule is CCCCNc1nc(SCCC)nc2c1nnn2[C@@H]1CC[C@@H](O)[C@H]1O.O=C(O)NCC(O)CO. The Morgan fingerprint density at radius 3 is 2.59 bits per heavy atom. The highest BCUT2D eigenvalue weighted by Crippen LogP contribution is 2.33. The fourth-order valence-corrected chi connectivity index (χ4v) is 3.97. The second-order valence-corrected chi connectivity index (χ2v) is 8.98. The van der Waals surface area contributed by atoms with Crippen LogP contribution in [-0.4, -0.2) is 100 Å². The number of thioether (sulfide) groups is 1. The van der Waals surface area contributed by atoms with E-state index in [9.17, 15) is 15.0 Å². The van der Waals surface area contributed by atoms with Crippen LogP contribution in [0.15, 0.2) is 5.16 Å². The van der Waals surface area contributed by atoms with Crippen LogP contribution in [-0.2, 0) is 0 Å². The lowest BCUT2D eigenvalue weighted by molar-refractivity contribution is 0.0215. The molecule has 1 saturated carbocycles. The van der Waals surface area contributed by atoms with E-state index in [2.05, 4.69) is 39.4 Å². The molecule has 2 heterocycles. The van der Waals surface area contributed by atoms with E-state index in [1.807, 2.05) is 5.32 Å². The summed E-state index contributed by atoms with van der Waals surface area (Å²) >= 11 is 1.60. The van der Waals surface area contributed by atoms with Crippen LogP contribution >= 0.6 is 11.8 Å². The van der Waals surface area contributed by atoms with Crippen molar-refractivity contribution in [1.82, 2.24) is 30.3 Å². The number of nitrogens with zero attached hydrogens (tertiary/aromatic N) is 5. The third kappa shape index (κ3) is 7.91. The summed E-state index contributed by atoms with van der Waals surface area (Å²) in [5.41, 5.74) is 1.23. The number of unbranched alkanes of at least 4 members (excludes halogenated alkanes) is 1. The van der Waals surface area contributed by atoms with Gasteiger partial charge in [0.15, 0.2) is 22.1 Å². The van der Waals surface area contributed by atoms with Gasteiger partial charge < -0.3 is 36.2 Å². The standard InChI is InChI=1S/C16H26N6O2S.C4H9NO4/c1-3-5-8-17-14-12-15(19-16(18-14)25-9-4-2)22(21-20-12)10-6-7-11(23)13(10)24;6-2-3(7)1-5-4(8)9/h10-11,13,23-24H,3-9H2,1-2H3,(H,17,18,19);3,5-7H,1-2H2,(H,8,9)/t10-,11-,13+;/m1./s1. The van der Waals surface area contributed by atoms with Crippen LogP contribution in [0, 0.1) is 0 Å². The van der Waals surface area contributed by atoms with Gasteiger partial charge in [-0.25, -0.2) is 19.4 Å². The molecule has 3 rings (SSSR count). The lowest BCUT2D eigenvalue weighted by Gasteiger charge is -2.16. The third-order valence-electron chi connectivity index (χ3n) is 5.12. The molecule has 2 aromatic heterocycles. The highest BCUT2D eigenvalue weighted by atomic mass is 32.2. The Kier molecular flexibility index (Phi) is 11.7. The molecule has 0 aliphatic heterocycles. The van der Waals surface area contributed by atoms with Crippen LogP contribution in [0.1, 0.15) is 52.0 Å². The van der Waals surface area contributed by atoms with Gasteiger partial charge in [-0.15, -0.1) is 5.10 Å². The number of fused-ring (bicyclic) bond motifs is 1. The van der Waals surface area contributed by atoms with Crippen molar-refractivity contribution < 1.29 is 30.3 Å². The molecule has 0 radical (unpaired) electrons. The number of aromatic nitrogens is 5. The maximum atomic E-state index is 10.2. The highest BCUT2D eigenvalue weighted by Gasteiger charge is 2.37. The zero-order valence-electron chi connectivity index (χ0n) is 19.5. The predicted octanol–water partition coefficient (Wildman–Crippen LogP) is 0.599. The third-order valence-corrected chi connectivity index (χ3v) is 6.17. The summed E-state index contributed by atoms with van der Waals surface area (Å²) in [6.07, 6.45) is 0.615. The monoisotopic (exact) mass is 501 g/mol. The van der Waals surface area contributed by atoms with Gasteiger partial charge in [0.25, 0.3) is 0 Å². The molecule has 2 aromatic rings. The van der Waals surface area contributed by atoms with E-state index in [0.29, 0.717) is 35.0 Å². The maximum absolute atomic E-state index is 10.2. The average molecular weight is 502 g/mol. The molecule has 0 spiro atoms. The molecule has 1 aliphatic carbocycles. The van der Waals surface area contributed by atoms with Crippen LogP contribution < -0.4 is 10.6 Å². The number of aliphatic hydroxyl groups excluding tert-OH is 4. The van der Waals surface area contributed by atoms with Crippen molar-refractivity contribution in [2.24, 2.45) is 0 Å². The molecule has 1 fully saturated rings. The fourth-order valence-electron chi connectivity index (χ4n) is 3.27. The summed E-state index contributed by atoms with van der Waals surface area (Å²) in [7, 11) is 0. The van der Waals surface area contributed by atoms with Crippen molar-refractivity contribution in [1.29, 1.82) is 0 Å². The Morgan fingerprint density at radius 1 is 1.24 bits per heavy atom. The molecule has 1 unspecified atom stereocenters. The Hall–Kier alpha value is -2.26. The van der Waals surface area contributed by atoms with Gasteiger partial charge in [-0.2, -0.15) is 0 Å². The van der Waals surface area contributed by atoms with Crippen molar-refractivity contribution in [2.45, 2.75) is 75.5 Å². The minimum atomic E-state index is -1.21. The van der Waals surface area contributed by atoms with Crippen molar-refractivity contribution in [3.8, 4) is 0 Å². The summed E-state index contributed by atoms with van der Waals surface area (Å²) < 4.78 is 1.65.